The van der Waals surface area contributed by atoms with Crippen LogP contribution in [0.25, 0.3) is 11.0 Å². The molecule has 5 heteroatoms. The fourth-order valence-electron chi connectivity index (χ4n) is 2.33. The van der Waals surface area contributed by atoms with E-state index >= 15 is 0 Å². The van der Waals surface area contributed by atoms with Gasteiger partial charge in [0.2, 0.25) is 0 Å². The minimum absolute atomic E-state index is 0.0981. The van der Waals surface area contributed by atoms with Crippen molar-refractivity contribution in [1.29, 1.82) is 0 Å². The van der Waals surface area contributed by atoms with Gasteiger partial charge in [-0.05, 0) is 25.1 Å². The van der Waals surface area contributed by atoms with E-state index in [1.54, 1.807) is 19.1 Å². The number of hydrogen-bond acceptors (Lipinski definition) is 4. The van der Waals surface area contributed by atoms with Crippen molar-refractivity contribution < 1.29 is 14.3 Å². The van der Waals surface area contributed by atoms with Gasteiger partial charge in [0, 0.05) is 18.0 Å². The first-order valence-electron chi connectivity index (χ1n) is 6.94. The Labute approximate surface area is 123 Å². The van der Waals surface area contributed by atoms with E-state index in [4.69, 9.17) is 4.74 Å². The molecule has 0 fully saturated rings. The number of imidazole rings is 1. The summed E-state index contributed by atoms with van der Waals surface area (Å²) in [6.07, 6.45) is 0. The Bertz CT molecular complexity index is 708. The van der Waals surface area contributed by atoms with Crippen LogP contribution in [-0.2, 0) is 22.0 Å². The molecular formula is C16H20N2O3. The van der Waals surface area contributed by atoms with Gasteiger partial charge in [-0.3, -0.25) is 4.79 Å². The van der Waals surface area contributed by atoms with Crippen LogP contribution in [0.2, 0.25) is 0 Å². The molecule has 0 saturated heterocycles. The van der Waals surface area contributed by atoms with Crippen molar-refractivity contribution in [3.63, 3.8) is 0 Å². The number of aryl methyl sites for hydroxylation is 1. The molecule has 0 aliphatic heterocycles. The normalized spacial score (nSPS) is 11.7. The van der Waals surface area contributed by atoms with E-state index < -0.39 is 11.8 Å². The van der Waals surface area contributed by atoms with Gasteiger partial charge in [-0.2, -0.15) is 0 Å². The molecule has 0 bridgehead atoms. The molecule has 112 valence electrons. The third kappa shape index (κ3) is 2.82. The van der Waals surface area contributed by atoms with Crippen LogP contribution >= 0.6 is 0 Å². The number of rotatable bonds is 3. The molecule has 0 amide bonds. The van der Waals surface area contributed by atoms with Gasteiger partial charge >= 0.3 is 5.97 Å². The van der Waals surface area contributed by atoms with Crippen LogP contribution in [-0.4, -0.2) is 27.9 Å². The maximum Gasteiger partial charge on any atom is 0.379 e. The first-order chi connectivity index (χ1) is 9.75. The largest absolute Gasteiger partial charge is 0.460 e. The number of hydrogen-bond donors (Lipinski definition) is 0. The summed E-state index contributed by atoms with van der Waals surface area (Å²) < 4.78 is 6.75. The van der Waals surface area contributed by atoms with Crippen LogP contribution < -0.4 is 0 Å². The summed E-state index contributed by atoms with van der Waals surface area (Å²) in [4.78, 5) is 28.1. The highest BCUT2D eigenvalue weighted by Gasteiger charge is 2.23. The predicted molar refractivity (Wildman–Crippen MR) is 80.4 cm³/mol. The molecule has 0 atom stereocenters. The zero-order chi connectivity index (χ0) is 15.8. The summed E-state index contributed by atoms with van der Waals surface area (Å²) >= 11 is 0. The number of Topliss-reactive ketones (excluding diaryl/α,β-unsaturated/α-hetero) is 1. The molecule has 0 spiro atoms. The van der Waals surface area contributed by atoms with E-state index in [0.29, 0.717) is 11.1 Å². The lowest BCUT2D eigenvalue weighted by Gasteiger charge is -2.17. The summed E-state index contributed by atoms with van der Waals surface area (Å²) in [6.45, 7) is 8.10. The highest BCUT2D eigenvalue weighted by atomic mass is 16.5. The van der Waals surface area contributed by atoms with Crippen LogP contribution in [0, 0.1) is 0 Å². The van der Waals surface area contributed by atoms with Crippen LogP contribution in [0.1, 0.15) is 43.9 Å². The Morgan fingerprint density at radius 1 is 1.29 bits per heavy atom. The predicted octanol–water partition coefficient (Wildman–Crippen LogP) is 2.62. The van der Waals surface area contributed by atoms with Crippen LogP contribution in [0.3, 0.4) is 0 Å². The molecule has 0 N–H and O–H groups in total. The molecule has 0 aliphatic rings. The zero-order valence-electron chi connectivity index (χ0n) is 13.1. The fraction of sp³-hybridized carbons (Fsp3) is 0.438. The Morgan fingerprint density at radius 3 is 2.52 bits per heavy atom. The second kappa shape index (κ2) is 5.31. The van der Waals surface area contributed by atoms with Gasteiger partial charge in [0.1, 0.15) is 5.82 Å². The monoisotopic (exact) mass is 288 g/mol. The van der Waals surface area contributed by atoms with Gasteiger partial charge in [0.05, 0.1) is 17.6 Å². The summed E-state index contributed by atoms with van der Waals surface area (Å²) in [7, 11) is 1.95. The third-order valence-electron chi connectivity index (χ3n) is 3.27. The van der Waals surface area contributed by atoms with E-state index in [1.807, 2.05) is 17.7 Å². The molecule has 2 rings (SSSR count). The number of aromatic nitrogens is 2. The molecule has 1 aromatic carbocycles. The lowest BCUT2D eigenvalue weighted by Crippen LogP contribution is -2.17. The van der Waals surface area contributed by atoms with E-state index in [0.717, 1.165) is 11.3 Å². The van der Waals surface area contributed by atoms with Gasteiger partial charge in [-0.15, -0.1) is 0 Å². The smallest absolute Gasteiger partial charge is 0.379 e. The molecule has 1 aromatic heterocycles. The van der Waals surface area contributed by atoms with Crippen molar-refractivity contribution in [2.24, 2.45) is 7.05 Å². The topological polar surface area (TPSA) is 61.2 Å². The number of ketones is 1. The van der Waals surface area contributed by atoms with Crippen molar-refractivity contribution in [1.82, 2.24) is 9.55 Å². The number of nitrogens with zero attached hydrogens (tertiary/aromatic N) is 2. The van der Waals surface area contributed by atoms with E-state index in [2.05, 4.69) is 25.8 Å². The first-order valence-corrected chi connectivity index (χ1v) is 6.94. The molecule has 0 aliphatic carbocycles. The van der Waals surface area contributed by atoms with E-state index in [9.17, 15) is 9.59 Å². The van der Waals surface area contributed by atoms with Gasteiger partial charge in [-0.1, -0.05) is 20.8 Å². The Kier molecular flexibility index (Phi) is 3.85. The van der Waals surface area contributed by atoms with Crippen molar-refractivity contribution in [3.05, 3.63) is 29.6 Å². The van der Waals surface area contributed by atoms with Crippen molar-refractivity contribution >= 4 is 22.8 Å². The highest BCUT2D eigenvalue weighted by Crippen LogP contribution is 2.26. The van der Waals surface area contributed by atoms with E-state index in [1.165, 1.54) is 0 Å². The Balaban J connectivity index is 2.48. The quantitative estimate of drug-likeness (QED) is 0.495. The molecular weight excluding hydrogens is 268 g/mol. The minimum Gasteiger partial charge on any atom is -0.460 e. The summed E-state index contributed by atoms with van der Waals surface area (Å²) in [5.41, 5.74) is 1.84. The number of carbonyl (C=O) groups excluding carboxylic acids is 2. The summed E-state index contributed by atoms with van der Waals surface area (Å²) in [5.74, 6) is -0.538. The van der Waals surface area contributed by atoms with Crippen molar-refractivity contribution in [2.45, 2.75) is 33.1 Å². The molecule has 0 radical (unpaired) electrons. The van der Waals surface area contributed by atoms with E-state index in [-0.39, 0.29) is 12.0 Å². The summed E-state index contributed by atoms with van der Waals surface area (Å²) in [5, 5.41) is 0. The minimum atomic E-state index is -0.830. The lowest BCUT2D eigenvalue weighted by atomic mass is 9.96. The standard InChI is InChI=1S/C16H20N2O3/c1-6-21-14(20)13(19)10-7-8-12-11(9-10)17-15(18(12)5)16(2,3)4/h7-9H,6H2,1-5H3. The maximum absolute atomic E-state index is 12.0. The number of carbonyl (C=O) groups is 2. The molecule has 0 saturated carbocycles. The number of ether oxygens (including phenoxy) is 1. The van der Waals surface area contributed by atoms with Crippen LogP contribution in [0.4, 0.5) is 0 Å². The lowest BCUT2D eigenvalue weighted by molar-refractivity contribution is -0.137. The maximum atomic E-state index is 12.0. The molecule has 1 heterocycles. The highest BCUT2D eigenvalue weighted by molar-refractivity contribution is 6.40. The second-order valence-electron chi connectivity index (χ2n) is 6.00. The number of esters is 1. The Hall–Kier alpha value is -2.17. The molecule has 0 unspecified atom stereocenters. The van der Waals surface area contributed by atoms with Crippen molar-refractivity contribution in [2.75, 3.05) is 6.61 Å². The number of benzene rings is 1. The van der Waals surface area contributed by atoms with Gasteiger partial charge in [-0.25, -0.2) is 9.78 Å². The Morgan fingerprint density at radius 2 is 1.95 bits per heavy atom. The van der Waals surface area contributed by atoms with Gasteiger partial charge < -0.3 is 9.30 Å². The van der Waals surface area contributed by atoms with Crippen LogP contribution in [0.5, 0.6) is 0 Å². The molecule has 5 nitrogen and oxygen atoms in total. The summed E-state index contributed by atoms with van der Waals surface area (Å²) in [6, 6.07) is 5.09. The average molecular weight is 288 g/mol. The van der Waals surface area contributed by atoms with Crippen LogP contribution in [0.15, 0.2) is 18.2 Å². The average Bonchev–Trinajstić information content (AvgIpc) is 2.75. The SMILES string of the molecule is CCOC(=O)C(=O)c1ccc2c(c1)nc(C(C)(C)C)n2C. The first kappa shape index (κ1) is 15.2. The van der Waals surface area contributed by atoms with Gasteiger partial charge in [0.25, 0.3) is 5.78 Å². The number of fused-ring (bicyclic) bond motifs is 1. The zero-order valence-corrected chi connectivity index (χ0v) is 13.1. The molecule has 21 heavy (non-hydrogen) atoms. The van der Waals surface area contributed by atoms with Crippen molar-refractivity contribution in [3.8, 4) is 0 Å². The fourth-order valence-corrected chi connectivity index (χ4v) is 2.33. The third-order valence-corrected chi connectivity index (χ3v) is 3.27. The second-order valence-corrected chi connectivity index (χ2v) is 6.00. The molecule has 2 aromatic rings. The van der Waals surface area contributed by atoms with Gasteiger partial charge in [0.15, 0.2) is 0 Å².